The minimum Gasteiger partial charge on any atom is -0.488 e. The van der Waals surface area contributed by atoms with Crippen molar-refractivity contribution in [1.82, 2.24) is 25.2 Å². The molecule has 8 nitrogen and oxygen atoms in total. The molecule has 2 unspecified atom stereocenters. The van der Waals surface area contributed by atoms with E-state index in [1.165, 1.54) is 0 Å². The Kier molecular flexibility index (Phi) is 5.30. The highest BCUT2D eigenvalue weighted by molar-refractivity contribution is 5.98. The first kappa shape index (κ1) is 23.4. The Hall–Kier alpha value is -4.46. The lowest BCUT2D eigenvalue weighted by molar-refractivity contribution is 0.0629. The summed E-state index contributed by atoms with van der Waals surface area (Å²) in [6, 6.07) is 19.5. The molecular formula is C32H29N5O3. The van der Waals surface area contributed by atoms with Crippen molar-refractivity contribution in [3.8, 4) is 5.75 Å². The number of rotatable bonds is 5. The van der Waals surface area contributed by atoms with Crippen molar-refractivity contribution in [2.24, 2.45) is 23.7 Å². The summed E-state index contributed by atoms with van der Waals surface area (Å²) in [6.07, 6.45) is 5.04. The van der Waals surface area contributed by atoms with Crippen LogP contribution in [0, 0.1) is 23.7 Å². The summed E-state index contributed by atoms with van der Waals surface area (Å²) >= 11 is 0. The number of hydrogen-bond donors (Lipinski definition) is 1. The molecule has 40 heavy (non-hydrogen) atoms. The van der Waals surface area contributed by atoms with E-state index in [1.54, 1.807) is 0 Å². The topological polar surface area (TPSA) is 91.4 Å². The predicted octanol–water partition coefficient (Wildman–Crippen LogP) is 4.20. The van der Waals surface area contributed by atoms with Gasteiger partial charge in [-0.15, -0.1) is 0 Å². The Morgan fingerprint density at radius 2 is 1.48 bits per heavy atom. The highest BCUT2D eigenvalue weighted by Gasteiger charge is 2.59. The molecule has 4 aliphatic rings. The largest absolute Gasteiger partial charge is 0.488 e. The van der Waals surface area contributed by atoms with Gasteiger partial charge in [0.25, 0.3) is 11.8 Å². The molecular weight excluding hydrogens is 502 g/mol. The monoisotopic (exact) mass is 531 g/mol. The van der Waals surface area contributed by atoms with Crippen molar-refractivity contribution in [3.05, 3.63) is 94.6 Å². The van der Waals surface area contributed by atoms with Crippen LogP contribution in [-0.2, 0) is 13.0 Å². The van der Waals surface area contributed by atoms with E-state index >= 15 is 0 Å². The second-order valence-electron chi connectivity index (χ2n) is 11.5. The van der Waals surface area contributed by atoms with E-state index in [1.807, 2.05) is 70.5 Å². The van der Waals surface area contributed by atoms with Gasteiger partial charge in [-0.05, 0) is 71.6 Å². The first-order chi connectivity index (χ1) is 19.6. The van der Waals surface area contributed by atoms with Crippen LogP contribution in [0.2, 0.25) is 0 Å². The number of hydrogen-bond acceptors (Lipinski definition) is 5. The molecule has 200 valence electrons. The summed E-state index contributed by atoms with van der Waals surface area (Å²) in [5, 5.41) is 10.8. The number of aromatic nitrogens is 3. The minimum absolute atomic E-state index is 0.0556. The van der Waals surface area contributed by atoms with Gasteiger partial charge in [0.05, 0.1) is 0 Å². The fourth-order valence-corrected chi connectivity index (χ4v) is 7.37. The molecule has 1 N–H and O–H groups in total. The Morgan fingerprint density at radius 3 is 2.20 bits per heavy atom. The molecule has 2 aliphatic heterocycles. The Morgan fingerprint density at radius 1 is 0.800 bits per heavy atom. The first-order valence-electron chi connectivity index (χ1n) is 14.0. The molecule has 4 atom stereocenters. The molecule has 3 heterocycles. The van der Waals surface area contributed by atoms with Crippen LogP contribution in [0.25, 0.3) is 17.1 Å². The molecule has 8 rings (SSSR count). The fraction of sp³-hybridized carbons (Fsp3) is 0.312. The SMILES string of the molecule is O=C(c1cc2c(c(OCc3ccccc3)c1)C=CC2)N1CC2C(C1)[C@@H]1CN(C(=O)c3ccc4n[nH]nc4c3)C[C@H]21. The van der Waals surface area contributed by atoms with Crippen LogP contribution in [0.4, 0.5) is 0 Å². The van der Waals surface area contributed by atoms with E-state index < -0.39 is 0 Å². The summed E-state index contributed by atoms with van der Waals surface area (Å²) in [4.78, 5) is 31.0. The van der Waals surface area contributed by atoms with Gasteiger partial charge in [-0.2, -0.15) is 15.4 Å². The van der Waals surface area contributed by atoms with Crippen molar-refractivity contribution in [2.75, 3.05) is 26.2 Å². The van der Waals surface area contributed by atoms with Crippen LogP contribution >= 0.6 is 0 Å². The van der Waals surface area contributed by atoms with E-state index in [0.29, 0.717) is 46.9 Å². The van der Waals surface area contributed by atoms with Crippen molar-refractivity contribution in [1.29, 1.82) is 0 Å². The average molecular weight is 532 g/mol. The number of allylic oxidation sites excluding steroid dienone is 1. The normalized spacial score (nSPS) is 24.1. The van der Waals surface area contributed by atoms with E-state index in [2.05, 4.69) is 27.6 Å². The minimum atomic E-state index is 0.0556. The maximum Gasteiger partial charge on any atom is 0.254 e. The molecule has 2 saturated heterocycles. The van der Waals surface area contributed by atoms with Crippen molar-refractivity contribution in [3.63, 3.8) is 0 Å². The van der Waals surface area contributed by atoms with Gasteiger partial charge in [0.1, 0.15) is 23.4 Å². The van der Waals surface area contributed by atoms with Crippen molar-refractivity contribution in [2.45, 2.75) is 13.0 Å². The number of carbonyl (C=O) groups is 2. The molecule has 8 heteroatoms. The van der Waals surface area contributed by atoms with Crippen molar-refractivity contribution >= 4 is 28.9 Å². The Balaban J connectivity index is 0.950. The zero-order chi connectivity index (χ0) is 26.8. The van der Waals surface area contributed by atoms with Gasteiger partial charge in [-0.3, -0.25) is 9.59 Å². The summed E-state index contributed by atoms with van der Waals surface area (Å²) in [7, 11) is 0. The number of nitrogens with one attached hydrogen (secondary N) is 1. The summed E-state index contributed by atoms with van der Waals surface area (Å²) < 4.78 is 6.22. The van der Waals surface area contributed by atoms with Gasteiger partial charge in [-0.25, -0.2) is 0 Å². The molecule has 2 aliphatic carbocycles. The van der Waals surface area contributed by atoms with Crippen LogP contribution in [0.3, 0.4) is 0 Å². The Bertz CT molecular complexity index is 1660. The smallest absolute Gasteiger partial charge is 0.254 e. The molecule has 0 radical (unpaired) electrons. The molecule has 0 bridgehead atoms. The maximum absolute atomic E-state index is 13.7. The summed E-state index contributed by atoms with van der Waals surface area (Å²) in [5.74, 6) is 2.73. The lowest BCUT2D eigenvalue weighted by Crippen LogP contribution is -2.44. The molecule has 2 amide bonds. The predicted molar refractivity (Wildman–Crippen MR) is 150 cm³/mol. The summed E-state index contributed by atoms with van der Waals surface area (Å²) in [6.45, 7) is 3.50. The number of likely N-dealkylation sites (tertiary alicyclic amines) is 2. The molecule has 3 fully saturated rings. The van der Waals surface area contributed by atoms with Gasteiger partial charge >= 0.3 is 0 Å². The quantitative estimate of drug-likeness (QED) is 0.417. The van der Waals surface area contributed by atoms with E-state index in [9.17, 15) is 9.59 Å². The molecule has 3 aromatic carbocycles. The number of carbonyl (C=O) groups excluding carboxylic acids is 2. The van der Waals surface area contributed by atoms with Gasteiger partial charge < -0.3 is 14.5 Å². The maximum atomic E-state index is 13.7. The summed E-state index contributed by atoms with van der Waals surface area (Å²) in [5.41, 5.74) is 6.14. The van der Waals surface area contributed by atoms with Crippen LogP contribution in [0.5, 0.6) is 5.75 Å². The fourth-order valence-electron chi connectivity index (χ4n) is 7.37. The number of ether oxygens (including phenoxy) is 1. The van der Waals surface area contributed by atoms with E-state index in [0.717, 1.165) is 60.6 Å². The third-order valence-electron chi connectivity index (χ3n) is 9.40. The van der Waals surface area contributed by atoms with Gasteiger partial charge in [0, 0.05) is 42.9 Å². The first-order valence-corrected chi connectivity index (χ1v) is 14.0. The third-order valence-corrected chi connectivity index (χ3v) is 9.40. The van der Waals surface area contributed by atoms with E-state index in [4.69, 9.17) is 4.74 Å². The average Bonchev–Trinajstić information content (AvgIpc) is 3.78. The zero-order valence-corrected chi connectivity index (χ0v) is 22.0. The highest BCUT2D eigenvalue weighted by Crippen LogP contribution is 2.54. The Labute approximate surface area is 231 Å². The highest BCUT2D eigenvalue weighted by atomic mass is 16.5. The van der Waals surface area contributed by atoms with Gasteiger partial charge in [0.2, 0.25) is 0 Å². The number of fused-ring (bicyclic) bond motifs is 6. The number of aromatic amines is 1. The van der Waals surface area contributed by atoms with Crippen LogP contribution in [0.1, 0.15) is 37.4 Å². The molecule has 4 aromatic rings. The van der Waals surface area contributed by atoms with Crippen LogP contribution in [0.15, 0.2) is 66.7 Å². The van der Waals surface area contributed by atoms with Gasteiger partial charge in [-0.1, -0.05) is 42.5 Å². The zero-order valence-electron chi connectivity index (χ0n) is 22.0. The van der Waals surface area contributed by atoms with Crippen molar-refractivity contribution < 1.29 is 14.3 Å². The molecule has 1 saturated carbocycles. The van der Waals surface area contributed by atoms with E-state index in [-0.39, 0.29) is 11.8 Å². The van der Waals surface area contributed by atoms with Crippen LogP contribution < -0.4 is 4.74 Å². The lowest BCUT2D eigenvalue weighted by Gasteiger charge is -2.42. The standard InChI is InChI=1S/C32H29N5O3/c38-31(21-9-10-28-29(12-21)34-35-33-28)36-14-24-25(15-36)27-17-37(16-26(24)27)32(39)22-11-20-7-4-8-23(20)30(13-22)40-18-19-5-2-1-3-6-19/h1-6,8-13,24-27H,7,14-18H2,(H,33,34,35)/t24-,25+,26?,27?. The number of amides is 2. The number of benzene rings is 3. The van der Waals surface area contributed by atoms with Crippen LogP contribution in [-0.4, -0.2) is 63.2 Å². The molecule has 1 aromatic heterocycles. The lowest BCUT2D eigenvalue weighted by atomic mass is 9.60. The van der Waals surface area contributed by atoms with Gasteiger partial charge in [0.15, 0.2) is 0 Å². The second kappa shape index (κ2) is 9.05. The second-order valence-corrected chi connectivity index (χ2v) is 11.5. The number of H-pyrrole nitrogens is 1. The number of nitrogens with zero attached hydrogens (tertiary/aromatic N) is 4. The molecule has 0 spiro atoms. The third kappa shape index (κ3) is 3.73.